The number of hydrogen-bond donors (Lipinski definition) is 2. The fourth-order valence-corrected chi connectivity index (χ4v) is 3.81. The van der Waals surface area contributed by atoms with Crippen LogP contribution in [0.1, 0.15) is 32.0 Å². The van der Waals surface area contributed by atoms with E-state index in [0.717, 1.165) is 44.3 Å². The Bertz CT molecular complexity index is 963. The SMILES string of the molecule is COCCOc1cc2nccc(Nc3n[nH]c(C)c3C)c2cc1SC(C)(C)C. The highest BCUT2D eigenvalue weighted by atomic mass is 32.2. The van der Waals surface area contributed by atoms with E-state index >= 15 is 0 Å². The molecule has 0 atom stereocenters. The maximum Gasteiger partial charge on any atom is 0.155 e. The average Bonchev–Trinajstić information content (AvgIpc) is 2.93. The quantitative estimate of drug-likeness (QED) is 0.418. The van der Waals surface area contributed by atoms with Crippen molar-refractivity contribution in [3.8, 4) is 5.75 Å². The number of rotatable bonds is 7. The molecule has 0 aliphatic carbocycles. The second-order valence-electron chi connectivity index (χ2n) is 7.68. The van der Waals surface area contributed by atoms with Crippen molar-refractivity contribution in [2.45, 2.75) is 44.3 Å². The van der Waals surface area contributed by atoms with Crippen LogP contribution in [-0.4, -0.2) is 40.3 Å². The molecular formula is C21H28N4O2S. The van der Waals surface area contributed by atoms with Gasteiger partial charge in [-0.05, 0) is 26.0 Å². The van der Waals surface area contributed by atoms with Crippen molar-refractivity contribution in [1.82, 2.24) is 15.2 Å². The smallest absolute Gasteiger partial charge is 0.155 e. The molecule has 150 valence electrons. The Kier molecular flexibility index (Phi) is 6.15. The second-order valence-corrected chi connectivity index (χ2v) is 9.55. The van der Waals surface area contributed by atoms with Gasteiger partial charge in [0.2, 0.25) is 0 Å². The van der Waals surface area contributed by atoms with Crippen molar-refractivity contribution in [1.29, 1.82) is 0 Å². The van der Waals surface area contributed by atoms with Crippen molar-refractivity contribution in [2.75, 3.05) is 25.6 Å². The molecule has 2 heterocycles. The Labute approximate surface area is 170 Å². The summed E-state index contributed by atoms with van der Waals surface area (Å²) in [6.07, 6.45) is 1.80. The lowest BCUT2D eigenvalue weighted by Crippen LogP contribution is -2.09. The molecule has 0 fully saturated rings. The van der Waals surface area contributed by atoms with E-state index in [9.17, 15) is 0 Å². The number of pyridine rings is 1. The zero-order chi connectivity index (χ0) is 20.3. The molecule has 0 unspecified atom stereocenters. The first-order valence-electron chi connectivity index (χ1n) is 9.30. The standard InChI is InChI=1S/C21H28N4O2S/c1-13-14(2)24-25-20(13)23-16-7-8-22-17-12-18(27-10-9-26-6)19(11-15(16)17)28-21(3,4)5/h7-8,11-12H,9-10H2,1-6H3,(H2,22,23,24,25). The molecule has 3 rings (SSSR count). The number of H-pyrrole nitrogens is 1. The minimum absolute atomic E-state index is 0.0543. The number of hydrogen-bond acceptors (Lipinski definition) is 6. The zero-order valence-electron chi connectivity index (χ0n) is 17.3. The van der Waals surface area contributed by atoms with Crippen LogP contribution in [0, 0.1) is 13.8 Å². The van der Waals surface area contributed by atoms with E-state index in [2.05, 4.69) is 47.3 Å². The molecular weight excluding hydrogens is 372 g/mol. The van der Waals surface area contributed by atoms with E-state index in [4.69, 9.17) is 9.47 Å². The number of aromatic amines is 1. The van der Waals surface area contributed by atoms with Crippen molar-refractivity contribution >= 4 is 34.2 Å². The monoisotopic (exact) mass is 400 g/mol. The molecule has 0 spiro atoms. The molecule has 7 heteroatoms. The van der Waals surface area contributed by atoms with Gasteiger partial charge in [-0.15, -0.1) is 11.8 Å². The molecule has 0 saturated heterocycles. The fourth-order valence-electron chi connectivity index (χ4n) is 2.75. The average molecular weight is 401 g/mol. The molecule has 0 bridgehead atoms. The number of methoxy groups -OCH3 is 1. The van der Waals surface area contributed by atoms with Crippen LogP contribution in [0.15, 0.2) is 29.3 Å². The summed E-state index contributed by atoms with van der Waals surface area (Å²) in [6.45, 7) is 11.7. The highest BCUT2D eigenvalue weighted by Crippen LogP contribution is 2.41. The van der Waals surface area contributed by atoms with Crippen LogP contribution in [0.2, 0.25) is 0 Å². The van der Waals surface area contributed by atoms with E-state index in [0.29, 0.717) is 13.2 Å². The van der Waals surface area contributed by atoms with E-state index < -0.39 is 0 Å². The molecule has 0 saturated carbocycles. The molecule has 0 radical (unpaired) electrons. The number of aromatic nitrogens is 3. The summed E-state index contributed by atoms with van der Waals surface area (Å²) in [4.78, 5) is 5.63. The molecule has 0 amide bonds. The summed E-state index contributed by atoms with van der Waals surface area (Å²) in [6, 6.07) is 6.13. The molecule has 3 aromatic rings. The lowest BCUT2D eigenvalue weighted by atomic mass is 10.1. The van der Waals surface area contributed by atoms with Crippen LogP contribution in [0.4, 0.5) is 11.5 Å². The van der Waals surface area contributed by atoms with Gasteiger partial charge < -0.3 is 14.8 Å². The van der Waals surface area contributed by atoms with Gasteiger partial charge in [-0.25, -0.2) is 0 Å². The first kappa shape index (κ1) is 20.5. The van der Waals surface area contributed by atoms with Gasteiger partial charge in [0.1, 0.15) is 12.4 Å². The Morgan fingerprint density at radius 3 is 2.61 bits per heavy atom. The highest BCUT2D eigenvalue weighted by Gasteiger charge is 2.18. The minimum Gasteiger partial charge on any atom is -0.490 e. The van der Waals surface area contributed by atoms with Crippen LogP contribution in [0.5, 0.6) is 5.75 Å². The third kappa shape index (κ3) is 4.77. The second kappa shape index (κ2) is 8.41. The Balaban J connectivity index is 2.04. The van der Waals surface area contributed by atoms with Gasteiger partial charge in [0, 0.05) is 40.8 Å². The lowest BCUT2D eigenvalue weighted by molar-refractivity contribution is 0.145. The van der Waals surface area contributed by atoms with Crippen LogP contribution < -0.4 is 10.1 Å². The minimum atomic E-state index is 0.0543. The predicted molar refractivity (Wildman–Crippen MR) is 116 cm³/mol. The molecule has 6 nitrogen and oxygen atoms in total. The lowest BCUT2D eigenvalue weighted by Gasteiger charge is -2.21. The van der Waals surface area contributed by atoms with Gasteiger partial charge in [-0.3, -0.25) is 10.1 Å². The third-order valence-electron chi connectivity index (χ3n) is 4.27. The molecule has 0 aliphatic heterocycles. The number of anilines is 2. The first-order valence-corrected chi connectivity index (χ1v) is 10.1. The van der Waals surface area contributed by atoms with Crippen molar-refractivity contribution in [3.05, 3.63) is 35.7 Å². The molecule has 0 aliphatic rings. The van der Waals surface area contributed by atoms with E-state index in [1.165, 1.54) is 0 Å². The Morgan fingerprint density at radius 2 is 1.96 bits per heavy atom. The van der Waals surface area contributed by atoms with Crippen LogP contribution >= 0.6 is 11.8 Å². The number of thioether (sulfide) groups is 1. The first-order chi connectivity index (χ1) is 13.3. The summed E-state index contributed by atoms with van der Waals surface area (Å²) >= 11 is 1.78. The van der Waals surface area contributed by atoms with Gasteiger partial charge in [-0.2, -0.15) is 5.10 Å². The molecule has 1 aromatic carbocycles. The molecule has 2 N–H and O–H groups in total. The van der Waals surface area contributed by atoms with E-state index in [-0.39, 0.29) is 4.75 Å². The van der Waals surface area contributed by atoms with Crippen molar-refractivity contribution < 1.29 is 9.47 Å². The normalized spacial score (nSPS) is 11.8. The van der Waals surface area contributed by atoms with Gasteiger partial charge in [0.05, 0.1) is 22.7 Å². The van der Waals surface area contributed by atoms with Crippen molar-refractivity contribution in [3.63, 3.8) is 0 Å². The zero-order valence-corrected chi connectivity index (χ0v) is 18.2. The van der Waals surface area contributed by atoms with Crippen molar-refractivity contribution in [2.24, 2.45) is 0 Å². The number of fused-ring (bicyclic) bond motifs is 1. The summed E-state index contributed by atoms with van der Waals surface area (Å²) < 4.78 is 11.2. The predicted octanol–water partition coefficient (Wildman–Crippen LogP) is 5.23. The van der Waals surface area contributed by atoms with Gasteiger partial charge in [0.25, 0.3) is 0 Å². The topological polar surface area (TPSA) is 72.1 Å². The van der Waals surface area contributed by atoms with Crippen LogP contribution in [0.3, 0.4) is 0 Å². The number of nitrogens with zero attached hydrogens (tertiary/aromatic N) is 2. The summed E-state index contributed by atoms with van der Waals surface area (Å²) in [7, 11) is 1.67. The number of benzene rings is 1. The maximum absolute atomic E-state index is 5.99. The van der Waals surface area contributed by atoms with Gasteiger partial charge in [-0.1, -0.05) is 20.8 Å². The third-order valence-corrected chi connectivity index (χ3v) is 5.43. The van der Waals surface area contributed by atoms with E-state index in [1.54, 1.807) is 25.1 Å². The Morgan fingerprint density at radius 1 is 1.18 bits per heavy atom. The number of aryl methyl sites for hydroxylation is 1. The number of ether oxygens (including phenoxy) is 2. The number of nitrogens with one attached hydrogen (secondary N) is 2. The summed E-state index contributed by atoms with van der Waals surface area (Å²) in [5.74, 6) is 1.66. The van der Waals surface area contributed by atoms with Crippen LogP contribution in [0.25, 0.3) is 10.9 Å². The molecule has 28 heavy (non-hydrogen) atoms. The van der Waals surface area contributed by atoms with Gasteiger partial charge >= 0.3 is 0 Å². The largest absolute Gasteiger partial charge is 0.490 e. The van der Waals surface area contributed by atoms with Crippen LogP contribution in [-0.2, 0) is 4.74 Å². The Hall–Kier alpha value is -2.25. The van der Waals surface area contributed by atoms with E-state index in [1.807, 2.05) is 26.0 Å². The maximum atomic E-state index is 5.99. The fraction of sp³-hybridized carbons (Fsp3) is 0.429. The highest BCUT2D eigenvalue weighted by molar-refractivity contribution is 8.00. The summed E-state index contributed by atoms with van der Waals surface area (Å²) in [5, 5.41) is 11.9. The van der Waals surface area contributed by atoms with Gasteiger partial charge in [0.15, 0.2) is 5.82 Å². The molecule has 2 aromatic heterocycles. The summed E-state index contributed by atoms with van der Waals surface area (Å²) in [5.41, 5.74) is 4.01.